The molecule has 0 fully saturated rings. The molecule has 0 saturated carbocycles. The highest BCUT2D eigenvalue weighted by Crippen LogP contribution is 1.88. The van der Waals surface area contributed by atoms with Crippen molar-refractivity contribution in [1.29, 1.82) is 0 Å². The predicted octanol–water partition coefficient (Wildman–Crippen LogP) is -1.90. The van der Waals surface area contributed by atoms with E-state index in [-0.39, 0.29) is 17.5 Å². The summed E-state index contributed by atoms with van der Waals surface area (Å²) in [6, 6.07) is 1.24. The van der Waals surface area contributed by atoms with E-state index in [2.05, 4.69) is 19.9 Å². The number of aromatic amines is 2. The van der Waals surface area contributed by atoms with Gasteiger partial charge < -0.3 is 16.5 Å². The Hall–Kier alpha value is -2.71. The maximum absolute atomic E-state index is 10.2. The van der Waals surface area contributed by atoms with Gasteiger partial charge in [0.1, 0.15) is 6.33 Å². The average molecular weight is 223 g/mol. The van der Waals surface area contributed by atoms with E-state index in [0.717, 1.165) is 0 Å². The molecule has 0 radical (unpaired) electrons. The van der Waals surface area contributed by atoms with Crippen molar-refractivity contribution in [2.75, 3.05) is 11.5 Å². The minimum Gasteiger partial charge on any atom is -0.368 e. The first kappa shape index (κ1) is 11.4. The Labute approximate surface area is 88.6 Å². The number of rotatable bonds is 0. The third kappa shape index (κ3) is 4.00. The van der Waals surface area contributed by atoms with Gasteiger partial charge in [0.2, 0.25) is 11.9 Å². The van der Waals surface area contributed by atoms with Crippen LogP contribution in [0.5, 0.6) is 0 Å². The SMILES string of the molecule is Nc1ncnc(N)n1.O=c1cc[nH]c(=O)[nH]1. The minimum atomic E-state index is -0.475. The van der Waals surface area contributed by atoms with Gasteiger partial charge >= 0.3 is 5.69 Å². The largest absolute Gasteiger partial charge is 0.368 e. The number of hydrogen-bond acceptors (Lipinski definition) is 7. The van der Waals surface area contributed by atoms with Crippen LogP contribution in [0.15, 0.2) is 28.2 Å². The molecule has 2 aromatic heterocycles. The van der Waals surface area contributed by atoms with E-state index in [4.69, 9.17) is 11.5 Å². The van der Waals surface area contributed by atoms with Crippen molar-refractivity contribution in [2.24, 2.45) is 0 Å². The van der Waals surface area contributed by atoms with Crippen molar-refractivity contribution in [2.45, 2.75) is 0 Å². The van der Waals surface area contributed by atoms with Crippen LogP contribution in [0.2, 0.25) is 0 Å². The maximum atomic E-state index is 10.2. The first-order valence-corrected chi connectivity index (χ1v) is 4.06. The molecule has 9 nitrogen and oxygen atoms in total. The standard InChI is InChI=1S/C4H4N2O2.C3H5N5/c7-3-1-2-5-4(8)6-3;4-2-6-1-7-3(5)8-2/h1-2H,(H2,5,6,7,8);1H,(H4,4,5,6,7,8). The van der Waals surface area contributed by atoms with E-state index in [1.54, 1.807) is 0 Å². The Morgan fingerprint density at radius 1 is 1.12 bits per heavy atom. The number of nitrogens with one attached hydrogen (secondary N) is 2. The van der Waals surface area contributed by atoms with Crippen molar-refractivity contribution in [3.63, 3.8) is 0 Å². The molecule has 0 bridgehead atoms. The number of nitrogens with two attached hydrogens (primary N) is 2. The van der Waals surface area contributed by atoms with Gasteiger partial charge in [-0.3, -0.25) is 9.78 Å². The van der Waals surface area contributed by atoms with Gasteiger partial charge in [-0.1, -0.05) is 0 Å². The molecule has 0 amide bonds. The molecule has 2 rings (SSSR count). The highest BCUT2D eigenvalue weighted by Gasteiger charge is 1.86. The zero-order valence-corrected chi connectivity index (χ0v) is 8.04. The number of nitrogen functional groups attached to an aromatic ring is 2. The topological polar surface area (TPSA) is 156 Å². The third-order valence-corrected chi connectivity index (χ3v) is 1.29. The summed E-state index contributed by atoms with van der Waals surface area (Å²) < 4.78 is 0. The fourth-order valence-corrected chi connectivity index (χ4v) is 0.705. The normalized spacial score (nSPS) is 9.00. The molecule has 0 aliphatic carbocycles. The molecule has 0 atom stereocenters. The van der Waals surface area contributed by atoms with Crippen LogP contribution in [0.3, 0.4) is 0 Å². The van der Waals surface area contributed by atoms with Crippen molar-refractivity contribution >= 4 is 11.9 Å². The second-order valence-corrected chi connectivity index (χ2v) is 2.50. The molecule has 2 heterocycles. The predicted molar refractivity (Wildman–Crippen MR) is 56.3 cm³/mol. The molecule has 0 unspecified atom stereocenters. The quantitative estimate of drug-likeness (QED) is 0.406. The minimum absolute atomic E-state index is 0.150. The molecule has 0 saturated heterocycles. The van der Waals surface area contributed by atoms with Crippen LogP contribution in [0, 0.1) is 0 Å². The summed E-state index contributed by atoms with van der Waals surface area (Å²) >= 11 is 0. The summed E-state index contributed by atoms with van der Waals surface area (Å²) in [5, 5.41) is 0. The van der Waals surface area contributed by atoms with Crippen molar-refractivity contribution in [3.05, 3.63) is 39.4 Å². The number of aromatic nitrogens is 5. The first-order chi connectivity index (χ1) is 7.58. The van der Waals surface area contributed by atoms with E-state index in [9.17, 15) is 9.59 Å². The van der Waals surface area contributed by atoms with Gasteiger partial charge in [0.15, 0.2) is 0 Å². The highest BCUT2D eigenvalue weighted by atomic mass is 16.2. The van der Waals surface area contributed by atoms with Gasteiger partial charge in [-0.25, -0.2) is 14.8 Å². The molecule has 84 valence electrons. The highest BCUT2D eigenvalue weighted by molar-refractivity contribution is 5.22. The van der Waals surface area contributed by atoms with E-state index in [1.807, 2.05) is 4.98 Å². The zero-order valence-electron chi connectivity index (χ0n) is 8.04. The lowest BCUT2D eigenvalue weighted by Crippen LogP contribution is -2.19. The summed E-state index contributed by atoms with van der Waals surface area (Å²) in [6.45, 7) is 0. The summed E-state index contributed by atoms with van der Waals surface area (Å²) in [5.41, 5.74) is 9.38. The van der Waals surface area contributed by atoms with Crippen LogP contribution in [-0.2, 0) is 0 Å². The molecule has 16 heavy (non-hydrogen) atoms. The van der Waals surface area contributed by atoms with Gasteiger partial charge in [0, 0.05) is 12.3 Å². The second kappa shape index (κ2) is 5.24. The van der Waals surface area contributed by atoms with Crippen molar-refractivity contribution < 1.29 is 0 Å². The van der Waals surface area contributed by atoms with Gasteiger partial charge in [-0.2, -0.15) is 4.98 Å². The average Bonchev–Trinajstić information content (AvgIpc) is 2.17. The van der Waals surface area contributed by atoms with Gasteiger partial charge in [-0.05, 0) is 0 Å². The smallest absolute Gasteiger partial charge is 0.325 e. The zero-order chi connectivity index (χ0) is 12.0. The number of hydrogen-bond donors (Lipinski definition) is 4. The third-order valence-electron chi connectivity index (χ3n) is 1.29. The van der Waals surface area contributed by atoms with Crippen LogP contribution in [-0.4, -0.2) is 24.9 Å². The molecule has 0 aliphatic rings. The molecule has 2 aromatic rings. The molecule has 0 aliphatic heterocycles. The van der Waals surface area contributed by atoms with Crippen LogP contribution < -0.4 is 22.7 Å². The Morgan fingerprint density at radius 3 is 2.06 bits per heavy atom. The van der Waals surface area contributed by atoms with E-state index >= 15 is 0 Å². The Kier molecular flexibility index (Phi) is 3.72. The fraction of sp³-hybridized carbons (Fsp3) is 0. The Balaban J connectivity index is 0.000000160. The molecular formula is C7H9N7O2. The molecule has 9 heteroatoms. The monoisotopic (exact) mass is 223 g/mol. The number of anilines is 2. The summed E-state index contributed by atoms with van der Waals surface area (Å²) in [4.78, 5) is 35.2. The van der Waals surface area contributed by atoms with Gasteiger partial charge in [-0.15, -0.1) is 0 Å². The Morgan fingerprint density at radius 2 is 1.75 bits per heavy atom. The van der Waals surface area contributed by atoms with E-state index < -0.39 is 5.69 Å². The lowest BCUT2D eigenvalue weighted by Gasteiger charge is -1.88. The number of H-pyrrole nitrogens is 2. The van der Waals surface area contributed by atoms with Crippen molar-refractivity contribution in [3.8, 4) is 0 Å². The van der Waals surface area contributed by atoms with Gasteiger partial charge in [0.25, 0.3) is 5.56 Å². The van der Waals surface area contributed by atoms with Crippen LogP contribution >= 0.6 is 0 Å². The van der Waals surface area contributed by atoms with Crippen LogP contribution in [0.4, 0.5) is 11.9 Å². The van der Waals surface area contributed by atoms with Gasteiger partial charge in [0.05, 0.1) is 0 Å². The maximum Gasteiger partial charge on any atom is 0.325 e. The number of nitrogens with zero attached hydrogens (tertiary/aromatic N) is 3. The molecular weight excluding hydrogens is 214 g/mol. The molecule has 6 N–H and O–H groups in total. The summed E-state index contributed by atoms with van der Waals surface area (Å²) in [7, 11) is 0. The second-order valence-electron chi connectivity index (χ2n) is 2.50. The fourth-order valence-electron chi connectivity index (χ4n) is 0.705. The van der Waals surface area contributed by atoms with E-state index in [1.165, 1.54) is 18.6 Å². The first-order valence-electron chi connectivity index (χ1n) is 4.06. The van der Waals surface area contributed by atoms with Crippen LogP contribution in [0.1, 0.15) is 0 Å². The summed E-state index contributed by atoms with van der Waals surface area (Å²) in [6.07, 6.45) is 2.55. The van der Waals surface area contributed by atoms with Crippen LogP contribution in [0.25, 0.3) is 0 Å². The summed E-state index contributed by atoms with van der Waals surface area (Å²) in [5.74, 6) is 0.301. The molecule has 0 spiro atoms. The molecule has 0 aromatic carbocycles. The Bertz CT molecular complexity index is 518. The lowest BCUT2D eigenvalue weighted by molar-refractivity contribution is 1.04. The lowest BCUT2D eigenvalue weighted by atomic mass is 10.7. The van der Waals surface area contributed by atoms with E-state index in [0.29, 0.717) is 0 Å². The van der Waals surface area contributed by atoms with Crippen molar-refractivity contribution in [1.82, 2.24) is 24.9 Å².